The van der Waals surface area contributed by atoms with E-state index in [1.807, 2.05) is 43.3 Å². The lowest BCUT2D eigenvalue weighted by Crippen LogP contribution is -2.30. The Hall–Kier alpha value is -3.33. The Balaban J connectivity index is 1.72. The molecule has 1 aromatic heterocycles. The van der Waals surface area contributed by atoms with Crippen LogP contribution in [0.2, 0.25) is 0 Å². The van der Waals surface area contributed by atoms with E-state index in [1.54, 1.807) is 0 Å². The maximum Gasteiger partial charge on any atom is 0.314 e. The van der Waals surface area contributed by atoms with E-state index in [0.29, 0.717) is 12.2 Å². The van der Waals surface area contributed by atoms with Crippen LogP contribution >= 0.6 is 0 Å². The normalized spacial score (nSPS) is 14.2. The summed E-state index contributed by atoms with van der Waals surface area (Å²) in [5, 5.41) is 1.22. The molecule has 4 aromatic rings. The molecule has 0 fully saturated rings. The van der Waals surface area contributed by atoms with Crippen molar-refractivity contribution in [1.82, 2.24) is 4.57 Å². The Morgan fingerprint density at radius 2 is 1.53 bits per heavy atom. The number of nitrogens with zero attached hydrogens (tertiary/aromatic N) is 1. The number of para-hydroxylation sites is 2. The first-order chi connectivity index (χ1) is 14.5. The molecule has 0 aliphatic heterocycles. The summed E-state index contributed by atoms with van der Waals surface area (Å²) in [6.07, 6.45) is 2.85. The standard InChI is InChI=1S/C27H27NO2/c1-20(26(29)30-22-14-8-5-9-15-22)18-27(2,21-12-6-4-7-13-21)24-19-28(3)25-17-11-10-16-23(24)25/h4-17,19-20H,18H2,1-3H3. The first-order valence-electron chi connectivity index (χ1n) is 10.4. The van der Waals surface area contributed by atoms with E-state index >= 15 is 0 Å². The van der Waals surface area contributed by atoms with Gasteiger partial charge in [-0.25, -0.2) is 0 Å². The SMILES string of the molecule is CC(CC(C)(c1ccccc1)c1cn(C)c2ccccc12)C(=O)Oc1ccccc1. The third-order valence-corrected chi connectivity index (χ3v) is 5.98. The molecule has 0 spiro atoms. The number of fused-ring (bicyclic) bond motifs is 1. The van der Waals surface area contributed by atoms with Gasteiger partial charge in [-0.05, 0) is 35.7 Å². The van der Waals surface area contributed by atoms with Gasteiger partial charge in [0.25, 0.3) is 0 Å². The van der Waals surface area contributed by atoms with Crippen LogP contribution < -0.4 is 4.74 Å². The number of hydrogen-bond donors (Lipinski definition) is 0. The van der Waals surface area contributed by atoms with E-state index in [-0.39, 0.29) is 17.3 Å². The number of hydrogen-bond acceptors (Lipinski definition) is 2. The van der Waals surface area contributed by atoms with Crippen LogP contribution in [0.4, 0.5) is 0 Å². The predicted molar refractivity (Wildman–Crippen MR) is 122 cm³/mol. The quantitative estimate of drug-likeness (QED) is 0.290. The van der Waals surface area contributed by atoms with E-state index in [9.17, 15) is 4.79 Å². The lowest BCUT2D eigenvalue weighted by molar-refractivity contribution is -0.138. The van der Waals surface area contributed by atoms with Gasteiger partial charge in [0, 0.05) is 29.6 Å². The number of benzene rings is 3. The van der Waals surface area contributed by atoms with Gasteiger partial charge in [-0.1, -0.05) is 80.6 Å². The van der Waals surface area contributed by atoms with Gasteiger partial charge in [0.2, 0.25) is 0 Å². The molecule has 0 aliphatic carbocycles. The zero-order valence-electron chi connectivity index (χ0n) is 17.7. The molecule has 3 aromatic carbocycles. The third-order valence-electron chi connectivity index (χ3n) is 5.98. The van der Waals surface area contributed by atoms with Crippen molar-refractivity contribution in [3.63, 3.8) is 0 Å². The number of aryl methyl sites for hydroxylation is 1. The molecule has 1 heterocycles. The van der Waals surface area contributed by atoms with E-state index < -0.39 is 0 Å². The van der Waals surface area contributed by atoms with Crippen LogP contribution in [0.25, 0.3) is 10.9 Å². The largest absolute Gasteiger partial charge is 0.426 e. The fourth-order valence-electron chi connectivity index (χ4n) is 4.37. The molecule has 0 saturated heterocycles. The van der Waals surface area contributed by atoms with Crippen molar-refractivity contribution < 1.29 is 9.53 Å². The number of ether oxygens (including phenoxy) is 1. The summed E-state index contributed by atoms with van der Waals surface area (Å²) < 4.78 is 7.81. The van der Waals surface area contributed by atoms with Crippen molar-refractivity contribution in [3.05, 3.63) is 102 Å². The van der Waals surface area contributed by atoms with Crippen molar-refractivity contribution in [2.45, 2.75) is 25.7 Å². The van der Waals surface area contributed by atoms with Crippen LogP contribution in [0.1, 0.15) is 31.4 Å². The van der Waals surface area contributed by atoms with E-state index in [0.717, 1.165) is 0 Å². The van der Waals surface area contributed by atoms with Gasteiger partial charge in [0.05, 0.1) is 5.92 Å². The molecule has 0 amide bonds. The smallest absolute Gasteiger partial charge is 0.314 e. The fraction of sp³-hybridized carbons (Fsp3) is 0.222. The third kappa shape index (κ3) is 3.76. The Bertz CT molecular complexity index is 1150. The van der Waals surface area contributed by atoms with Crippen molar-refractivity contribution in [2.24, 2.45) is 13.0 Å². The Morgan fingerprint density at radius 1 is 0.933 bits per heavy atom. The van der Waals surface area contributed by atoms with E-state index in [1.165, 1.54) is 22.0 Å². The number of carbonyl (C=O) groups excluding carboxylic acids is 1. The molecule has 2 atom stereocenters. The summed E-state index contributed by atoms with van der Waals surface area (Å²) >= 11 is 0. The lowest BCUT2D eigenvalue weighted by Gasteiger charge is -2.32. The Morgan fingerprint density at radius 3 is 2.23 bits per heavy atom. The van der Waals surface area contributed by atoms with Crippen LogP contribution in [0.3, 0.4) is 0 Å². The number of rotatable bonds is 6. The van der Waals surface area contributed by atoms with Gasteiger partial charge in [-0.2, -0.15) is 0 Å². The second-order valence-corrected chi connectivity index (χ2v) is 8.21. The molecule has 3 nitrogen and oxygen atoms in total. The maximum absolute atomic E-state index is 12.9. The molecule has 2 unspecified atom stereocenters. The molecular weight excluding hydrogens is 370 g/mol. The van der Waals surface area contributed by atoms with Gasteiger partial charge >= 0.3 is 5.97 Å². The summed E-state index contributed by atoms with van der Waals surface area (Å²) in [7, 11) is 2.07. The summed E-state index contributed by atoms with van der Waals surface area (Å²) in [5.74, 6) is 0.110. The van der Waals surface area contributed by atoms with E-state index in [4.69, 9.17) is 4.74 Å². The summed E-state index contributed by atoms with van der Waals surface area (Å²) in [6, 6.07) is 28.2. The minimum Gasteiger partial charge on any atom is -0.426 e. The van der Waals surface area contributed by atoms with Gasteiger partial charge in [-0.3, -0.25) is 4.79 Å². The van der Waals surface area contributed by atoms with Crippen LogP contribution in [-0.4, -0.2) is 10.5 Å². The fourth-order valence-corrected chi connectivity index (χ4v) is 4.37. The van der Waals surface area contributed by atoms with Gasteiger partial charge in [-0.15, -0.1) is 0 Å². The molecule has 30 heavy (non-hydrogen) atoms. The Labute approximate surface area is 177 Å². The van der Waals surface area contributed by atoms with Crippen LogP contribution in [0.5, 0.6) is 5.75 Å². The first kappa shape index (κ1) is 20.0. The molecular formula is C27H27NO2. The predicted octanol–water partition coefficient (Wildman–Crippen LogP) is 6.12. The molecule has 0 bridgehead atoms. The van der Waals surface area contributed by atoms with Crippen LogP contribution in [0.15, 0.2) is 91.1 Å². The number of esters is 1. The van der Waals surface area contributed by atoms with Crippen LogP contribution in [0, 0.1) is 5.92 Å². The molecule has 3 heteroatoms. The highest BCUT2D eigenvalue weighted by atomic mass is 16.5. The maximum atomic E-state index is 12.9. The molecule has 0 saturated carbocycles. The topological polar surface area (TPSA) is 31.2 Å². The van der Waals surface area contributed by atoms with Crippen molar-refractivity contribution in [1.29, 1.82) is 0 Å². The van der Waals surface area contributed by atoms with Crippen LogP contribution in [-0.2, 0) is 17.3 Å². The molecule has 0 radical (unpaired) electrons. The zero-order chi connectivity index (χ0) is 21.1. The Kier molecular flexibility index (Phi) is 5.45. The minimum absolute atomic E-state index is 0.205. The zero-order valence-corrected chi connectivity index (χ0v) is 17.7. The van der Waals surface area contributed by atoms with Gasteiger partial charge in [0.1, 0.15) is 5.75 Å². The van der Waals surface area contributed by atoms with Crippen molar-refractivity contribution in [2.75, 3.05) is 0 Å². The second kappa shape index (κ2) is 8.19. The average molecular weight is 398 g/mol. The highest BCUT2D eigenvalue weighted by Gasteiger charge is 2.35. The number of carbonyl (C=O) groups is 1. The summed E-state index contributed by atoms with van der Waals surface area (Å²) in [6.45, 7) is 4.19. The average Bonchev–Trinajstić information content (AvgIpc) is 3.12. The molecule has 152 valence electrons. The summed E-state index contributed by atoms with van der Waals surface area (Å²) in [5.41, 5.74) is 3.28. The van der Waals surface area contributed by atoms with Gasteiger partial charge < -0.3 is 9.30 Å². The molecule has 0 N–H and O–H groups in total. The second-order valence-electron chi connectivity index (χ2n) is 8.21. The van der Waals surface area contributed by atoms with Crippen molar-refractivity contribution >= 4 is 16.9 Å². The lowest BCUT2D eigenvalue weighted by atomic mass is 9.70. The highest BCUT2D eigenvalue weighted by molar-refractivity contribution is 5.86. The first-order valence-corrected chi connectivity index (χ1v) is 10.4. The monoisotopic (exact) mass is 397 g/mol. The summed E-state index contributed by atoms with van der Waals surface area (Å²) in [4.78, 5) is 12.9. The van der Waals surface area contributed by atoms with E-state index in [2.05, 4.69) is 73.3 Å². The minimum atomic E-state index is -0.336. The molecule has 4 rings (SSSR count). The van der Waals surface area contributed by atoms with Gasteiger partial charge in [0.15, 0.2) is 0 Å². The number of aromatic nitrogens is 1. The molecule has 0 aliphatic rings. The highest BCUT2D eigenvalue weighted by Crippen LogP contribution is 2.42. The van der Waals surface area contributed by atoms with Crippen molar-refractivity contribution in [3.8, 4) is 5.75 Å².